The van der Waals surface area contributed by atoms with Crippen LogP contribution in [0.25, 0.3) is 0 Å². The Morgan fingerprint density at radius 2 is 0.667 bits per heavy atom. The molecule has 0 spiro atoms. The Bertz CT molecular complexity index is 830. The normalized spacial score (nSPS) is 17.5. The fourth-order valence-corrected chi connectivity index (χ4v) is 3.67. The zero-order valence-electron chi connectivity index (χ0n) is 22.7. The molecule has 0 amide bonds. The molecule has 2 fully saturated rings. The number of carbonyl (C=O) groups excluding carboxylic acids is 8. The van der Waals surface area contributed by atoms with Gasteiger partial charge in [-0.15, -0.1) is 0 Å². The van der Waals surface area contributed by atoms with Gasteiger partial charge in [-0.1, -0.05) is 0 Å². The maximum absolute atomic E-state index is 11.4. The van der Waals surface area contributed by atoms with Gasteiger partial charge in [0.2, 0.25) is 0 Å². The molecule has 22 heteroatoms. The van der Waals surface area contributed by atoms with Crippen molar-refractivity contribution in [3.8, 4) is 0 Å². The minimum Gasteiger partial charge on any atom is -0.544 e. The summed E-state index contributed by atoms with van der Waals surface area (Å²) in [7, 11) is 0. The third-order valence-corrected chi connectivity index (χ3v) is 4.93. The van der Waals surface area contributed by atoms with E-state index in [9.17, 15) is 58.8 Å². The van der Waals surface area contributed by atoms with Crippen molar-refractivity contribution < 1.29 is 133 Å². The van der Waals surface area contributed by atoms with E-state index in [1.165, 1.54) is 0 Å². The first-order valence-corrected chi connectivity index (χ1v) is 10.8. The summed E-state index contributed by atoms with van der Waals surface area (Å²) in [6.07, 6.45) is 0. The number of rotatable bonds is 8. The van der Waals surface area contributed by atoms with Crippen LogP contribution in [0.1, 0.15) is 0 Å². The van der Waals surface area contributed by atoms with Gasteiger partial charge in [-0.25, -0.2) is 19.2 Å². The van der Waals surface area contributed by atoms with Crippen LogP contribution in [0.3, 0.4) is 0 Å². The van der Waals surface area contributed by atoms with E-state index in [-0.39, 0.29) is 85.4 Å². The van der Waals surface area contributed by atoms with Crippen LogP contribution in [0, 0.1) is 0 Å². The molecule has 0 aromatic carbocycles. The van der Waals surface area contributed by atoms with E-state index in [2.05, 4.69) is 18.9 Å². The van der Waals surface area contributed by atoms with Crippen molar-refractivity contribution in [3.05, 3.63) is 0 Å². The molecule has 2 rings (SSSR count). The van der Waals surface area contributed by atoms with Crippen LogP contribution in [-0.2, 0) is 74.4 Å². The van der Waals surface area contributed by atoms with Crippen molar-refractivity contribution in [2.24, 2.45) is 0 Å². The number of hydrogen-bond donors (Lipinski definition) is 2. The van der Waals surface area contributed by atoms with Gasteiger partial charge in [0.1, 0.15) is 52.6 Å². The molecule has 20 nitrogen and oxygen atoms in total. The fraction of sp³-hybridized carbons (Fsp3) is 0.600. The number of nitrogens with zero attached hydrogens (tertiary/aromatic N) is 2. The average Bonchev–Trinajstić information content (AvgIpc) is 2.82. The van der Waals surface area contributed by atoms with Gasteiger partial charge in [-0.05, 0) is 0 Å². The summed E-state index contributed by atoms with van der Waals surface area (Å²) >= 11 is 0. The number of aliphatic carboxylic acids is 4. The second-order valence-electron chi connectivity index (χ2n) is 8.32. The molecule has 233 valence electrons. The van der Waals surface area contributed by atoms with Crippen LogP contribution in [-0.4, -0.2) is 136 Å². The van der Waals surface area contributed by atoms with Gasteiger partial charge in [-0.2, -0.15) is 0 Å². The first-order valence-electron chi connectivity index (χ1n) is 10.8. The molecule has 0 saturated carbocycles. The van der Waals surface area contributed by atoms with E-state index in [1.807, 2.05) is 0 Å². The smallest absolute Gasteiger partial charge is 0.544 e. The molecule has 0 atom stereocenters. The van der Waals surface area contributed by atoms with E-state index in [4.69, 9.17) is 0 Å². The third kappa shape index (κ3) is 18.5. The third-order valence-electron chi connectivity index (χ3n) is 4.93. The van der Waals surface area contributed by atoms with Crippen LogP contribution in [0.5, 0.6) is 0 Å². The second kappa shape index (κ2) is 21.8. The Hall–Kier alpha value is -2.88. The summed E-state index contributed by atoms with van der Waals surface area (Å²) in [6.45, 7) is -6.35. The van der Waals surface area contributed by atoms with E-state index in [0.717, 1.165) is 0 Å². The summed E-state index contributed by atoms with van der Waals surface area (Å²) in [4.78, 5) is 88.6. The summed E-state index contributed by atoms with van der Waals surface area (Å²) in [5, 5.41) is 42.8. The molecule has 6 N–H and O–H groups in total. The van der Waals surface area contributed by atoms with Gasteiger partial charge < -0.3 is 70.9 Å². The Kier molecular flexibility index (Phi) is 23.9. The molecule has 42 heavy (non-hydrogen) atoms. The molecular formula is C20H30FeN4NaO16+2. The van der Waals surface area contributed by atoms with Gasteiger partial charge in [0.15, 0.2) is 26.2 Å². The van der Waals surface area contributed by atoms with Crippen molar-refractivity contribution >= 4 is 47.8 Å². The number of cyclic esters (lactones) is 4. The first-order chi connectivity index (χ1) is 17.7. The molecular weight excluding hydrogens is 631 g/mol. The van der Waals surface area contributed by atoms with Gasteiger partial charge in [0.25, 0.3) is 0 Å². The summed E-state index contributed by atoms with van der Waals surface area (Å²) < 4.78 is 16.9. The molecule has 1 radical (unpaired) electrons. The maximum Gasteiger partial charge on any atom is 3.00 e. The van der Waals surface area contributed by atoms with Crippen LogP contribution in [0.15, 0.2) is 0 Å². The monoisotopic (exact) mass is 661 g/mol. The minimum atomic E-state index is -1.60. The van der Waals surface area contributed by atoms with Gasteiger partial charge >= 0.3 is 70.5 Å². The van der Waals surface area contributed by atoms with Gasteiger partial charge in [0.05, 0.1) is 23.9 Å². The molecule has 2 aliphatic rings. The molecule has 0 unspecified atom stereocenters. The standard InChI is InChI=1S/2C10H13NO8.Fe.2H3N.Na/c2*12-7(13)3-11(4-8(14)15)5-9(16)18-1-2-19-10(17)6-11;;;;/h2*1-6H2,(H-,12,13,14,15);;2*1H3;/q;;+3;;;+1/p-2. The Morgan fingerprint density at radius 3 is 0.810 bits per heavy atom. The van der Waals surface area contributed by atoms with Crippen LogP contribution in [0.2, 0.25) is 0 Å². The quantitative estimate of drug-likeness (QED) is 0.105. The summed E-state index contributed by atoms with van der Waals surface area (Å²) in [5.41, 5.74) is 0. The molecule has 0 aromatic heterocycles. The number of esters is 4. The number of hydrogen-bond acceptors (Lipinski definition) is 18. The number of carboxylic acids is 4. The maximum atomic E-state index is 11.4. The second-order valence-corrected chi connectivity index (χ2v) is 8.32. The Balaban J connectivity index is -0.000000314. The molecule has 2 aliphatic heterocycles. The SMILES string of the molecule is N.N.O=C([O-])C[N+]1(CC(=O)[O-])CC(=O)OCCOC(=O)C1.O=C([O-])C[N+]1(CC(=O)[O-])CC(=O)OCCOC(=O)C1.[Fe+3].[Na+]. The molecule has 2 saturated heterocycles. The predicted molar refractivity (Wildman–Crippen MR) is 113 cm³/mol. The first kappa shape index (κ1) is 46.1. The van der Waals surface area contributed by atoms with Crippen LogP contribution in [0.4, 0.5) is 0 Å². The predicted octanol–water partition coefficient (Wildman–Crippen LogP) is -11.9. The number of carbonyl (C=O) groups is 8. The molecule has 0 aromatic rings. The Labute approximate surface area is 271 Å². The van der Waals surface area contributed by atoms with Crippen molar-refractivity contribution in [2.75, 3.05) is 78.8 Å². The van der Waals surface area contributed by atoms with E-state index in [1.54, 1.807) is 0 Å². The van der Waals surface area contributed by atoms with E-state index in [0.29, 0.717) is 0 Å². The average molecular weight is 661 g/mol. The van der Waals surface area contributed by atoms with Crippen molar-refractivity contribution in [1.82, 2.24) is 12.3 Å². The topological polar surface area (TPSA) is 336 Å². The number of quaternary nitrogens is 2. The minimum absolute atomic E-state index is 0. The zero-order valence-corrected chi connectivity index (χ0v) is 25.8. The van der Waals surface area contributed by atoms with Crippen LogP contribution >= 0.6 is 0 Å². The fourth-order valence-electron chi connectivity index (χ4n) is 3.67. The molecule has 0 bridgehead atoms. The van der Waals surface area contributed by atoms with Crippen molar-refractivity contribution in [2.45, 2.75) is 0 Å². The van der Waals surface area contributed by atoms with Gasteiger partial charge in [-0.3, -0.25) is 8.97 Å². The Morgan fingerprint density at radius 1 is 0.500 bits per heavy atom. The van der Waals surface area contributed by atoms with E-state index >= 15 is 0 Å². The summed E-state index contributed by atoms with van der Waals surface area (Å²) in [6, 6.07) is 0. The van der Waals surface area contributed by atoms with Crippen molar-refractivity contribution in [3.63, 3.8) is 0 Å². The zero-order chi connectivity index (χ0) is 28.9. The van der Waals surface area contributed by atoms with Gasteiger partial charge in [0, 0.05) is 0 Å². The molecule has 2 heterocycles. The molecule has 0 aliphatic carbocycles. The number of carboxylic acid groups (broad SMARTS) is 4. The largest absolute Gasteiger partial charge is 3.00 e. The number of ether oxygens (including phenoxy) is 4. The van der Waals surface area contributed by atoms with Crippen molar-refractivity contribution in [1.29, 1.82) is 0 Å². The van der Waals surface area contributed by atoms with E-state index < -0.39 is 109 Å². The summed E-state index contributed by atoms with van der Waals surface area (Å²) in [5.74, 6) is -9.66. The van der Waals surface area contributed by atoms with Crippen LogP contribution < -0.4 is 62.3 Å².